The van der Waals surface area contributed by atoms with Gasteiger partial charge in [0.1, 0.15) is 17.4 Å². The molecule has 4 rings (SSSR count). The molecule has 28 heavy (non-hydrogen) atoms. The summed E-state index contributed by atoms with van der Waals surface area (Å²) in [6.45, 7) is 2.65. The van der Waals surface area contributed by atoms with Crippen LogP contribution in [-0.2, 0) is 22.4 Å². The number of aromatic nitrogens is 1. The van der Waals surface area contributed by atoms with E-state index in [0.29, 0.717) is 19.4 Å². The number of anilines is 1. The van der Waals surface area contributed by atoms with E-state index in [0.717, 1.165) is 34.4 Å². The van der Waals surface area contributed by atoms with E-state index >= 15 is 0 Å². The van der Waals surface area contributed by atoms with Crippen molar-refractivity contribution in [3.63, 3.8) is 0 Å². The second-order valence-electron chi connectivity index (χ2n) is 6.99. The number of fused-ring (bicyclic) bond motifs is 1. The molecule has 0 saturated carbocycles. The van der Waals surface area contributed by atoms with Crippen LogP contribution < -0.4 is 10.2 Å². The SMILES string of the molecule is CCc1oc2ccccc2c1CC(=O)NC1CCCN(c2cccnc2)C1=O. The Labute approximate surface area is 163 Å². The van der Waals surface area contributed by atoms with Gasteiger partial charge in [0.25, 0.3) is 0 Å². The Kier molecular flexibility index (Phi) is 5.10. The van der Waals surface area contributed by atoms with Crippen molar-refractivity contribution < 1.29 is 14.0 Å². The highest BCUT2D eigenvalue weighted by Gasteiger charge is 2.31. The molecule has 1 unspecified atom stereocenters. The molecule has 1 aliphatic heterocycles. The smallest absolute Gasteiger partial charge is 0.249 e. The molecule has 1 aromatic carbocycles. The number of rotatable bonds is 5. The first kappa shape index (κ1) is 18.2. The Morgan fingerprint density at radius 3 is 2.93 bits per heavy atom. The number of pyridine rings is 1. The van der Waals surface area contributed by atoms with Crippen LogP contribution in [0.2, 0.25) is 0 Å². The van der Waals surface area contributed by atoms with E-state index in [9.17, 15) is 9.59 Å². The highest BCUT2D eigenvalue weighted by molar-refractivity contribution is 6.00. The lowest BCUT2D eigenvalue weighted by atomic mass is 10.0. The third-order valence-corrected chi connectivity index (χ3v) is 5.17. The van der Waals surface area contributed by atoms with Crippen LogP contribution in [-0.4, -0.2) is 29.4 Å². The van der Waals surface area contributed by atoms with Crippen molar-refractivity contribution in [3.05, 3.63) is 60.1 Å². The highest BCUT2D eigenvalue weighted by Crippen LogP contribution is 2.27. The predicted octanol–water partition coefficient (Wildman–Crippen LogP) is 3.24. The Balaban J connectivity index is 1.49. The van der Waals surface area contributed by atoms with Gasteiger partial charge in [-0.2, -0.15) is 0 Å². The topological polar surface area (TPSA) is 75.4 Å². The van der Waals surface area contributed by atoms with Crippen molar-refractivity contribution in [3.8, 4) is 0 Å². The number of hydrogen-bond acceptors (Lipinski definition) is 4. The monoisotopic (exact) mass is 377 g/mol. The zero-order valence-electron chi connectivity index (χ0n) is 15.9. The molecule has 144 valence electrons. The molecule has 1 N–H and O–H groups in total. The normalized spacial score (nSPS) is 17.1. The number of amides is 2. The molecular formula is C22H23N3O3. The van der Waals surface area contributed by atoms with E-state index < -0.39 is 6.04 Å². The van der Waals surface area contributed by atoms with Crippen molar-refractivity contribution in [2.75, 3.05) is 11.4 Å². The molecule has 1 fully saturated rings. The minimum atomic E-state index is -0.510. The summed E-state index contributed by atoms with van der Waals surface area (Å²) in [6.07, 6.45) is 5.75. The number of carbonyl (C=O) groups is 2. The number of nitrogens with one attached hydrogen (secondary N) is 1. The van der Waals surface area contributed by atoms with E-state index in [-0.39, 0.29) is 18.2 Å². The largest absolute Gasteiger partial charge is 0.461 e. The van der Waals surface area contributed by atoms with Crippen molar-refractivity contribution in [2.45, 2.75) is 38.6 Å². The number of benzene rings is 1. The fourth-order valence-corrected chi connectivity index (χ4v) is 3.81. The van der Waals surface area contributed by atoms with Crippen molar-refractivity contribution in [2.24, 2.45) is 0 Å². The van der Waals surface area contributed by atoms with Gasteiger partial charge >= 0.3 is 0 Å². The summed E-state index contributed by atoms with van der Waals surface area (Å²) < 4.78 is 5.87. The molecule has 0 spiro atoms. The lowest BCUT2D eigenvalue weighted by Crippen LogP contribution is -2.52. The maximum Gasteiger partial charge on any atom is 0.249 e. The first-order valence-corrected chi connectivity index (χ1v) is 9.67. The molecular weight excluding hydrogens is 354 g/mol. The Hall–Kier alpha value is -3.15. The summed E-state index contributed by atoms with van der Waals surface area (Å²) in [5.74, 6) is 0.580. The molecule has 0 bridgehead atoms. The maximum atomic E-state index is 12.9. The van der Waals surface area contributed by atoms with Crippen LogP contribution in [0.1, 0.15) is 31.1 Å². The lowest BCUT2D eigenvalue weighted by Gasteiger charge is -2.32. The molecule has 3 heterocycles. The molecule has 6 heteroatoms. The third-order valence-electron chi connectivity index (χ3n) is 5.17. The minimum absolute atomic E-state index is 0.0830. The van der Waals surface area contributed by atoms with Gasteiger partial charge in [0.05, 0.1) is 18.3 Å². The van der Waals surface area contributed by atoms with Gasteiger partial charge < -0.3 is 14.6 Å². The third kappa shape index (κ3) is 3.50. The lowest BCUT2D eigenvalue weighted by molar-refractivity contribution is -0.128. The van der Waals surface area contributed by atoms with E-state index in [1.807, 2.05) is 37.3 Å². The van der Waals surface area contributed by atoms with Gasteiger partial charge in [-0.25, -0.2) is 0 Å². The van der Waals surface area contributed by atoms with Crippen molar-refractivity contribution >= 4 is 28.5 Å². The Morgan fingerprint density at radius 2 is 2.14 bits per heavy atom. The molecule has 2 amide bonds. The average molecular weight is 377 g/mol. The number of para-hydroxylation sites is 1. The summed E-state index contributed by atoms with van der Waals surface area (Å²) in [4.78, 5) is 31.4. The number of aryl methyl sites for hydroxylation is 1. The maximum absolute atomic E-state index is 12.9. The molecule has 3 aromatic rings. The summed E-state index contributed by atoms with van der Waals surface area (Å²) in [7, 11) is 0. The van der Waals surface area contributed by atoms with Crippen LogP contribution in [0.5, 0.6) is 0 Å². The summed E-state index contributed by atoms with van der Waals surface area (Å²) in [5.41, 5.74) is 2.46. The average Bonchev–Trinajstić information content (AvgIpc) is 3.08. The first-order chi connectivity index (χ1) is 13.7. The van der Waals surface area contributed by atoms with Crippen LogP contribution in [0.4, 0.5) is 5.69 Å². The van der Waals surface area contributed by atoms with Gasteiger partial charge in [0, 0.05) is 30.1 Å². The second kappa shape index (κ2) is 7.84. The molecule has 1 aliphatic rings. The highest BCUT2D eigenvalue weighted by atomic mass is 16.3. The van der Waals surface area contributed by atoms with Gasteiger partial charge in [0.2, 0.25) is 11.8 Å². The molecule has 1 atom stereocenters. The second-order valence-corrected chi connectivity index (χ2v) is 6.99. The zero-order valence-corrected chi connectivity index (χ0v) is 15.9. The quantitative estimate of drug-likeness (QED) is 0.741. The van der Waals surface area contributed by atoms with E-state index in [2.05, 4.69) is 10.3 Å². The van der Waals surface area contributed by atoms with Gasteiger partial charge in [-0.1, -0.05) is 25.1 Å². The molecule has 1 saturated heterocycles. The fraction of sp³-hybridized carbons (Fsp3) is 0.318. The Bertz CT molecular complexity index is 997. The minimum Gasteiger partial charge on any atom is -0.461 e. The zero-order chi connectivity index (χ0) is 19.5. The van der Waals surface area contributed by atoms with Gasteiger partial charge in [-0.3, -0.25) is 14.6 Å². The van der Waals surface area contributed by atoms with Crippen molar-refractivity contribution in [1.29, 1.82) is 0 Å². The Morgan fingerprint density at radius 1 is 1.29 bits per heavy atom. The van der Waals surface area contributed by atoms with Gasteiger partial charge in [-0.05, 0) is 31.0 Å². The molecule has 0 radical (unpaired) electrons. The van der Waals surface area contributed by atoms with Crippen LogP contribution >= 0.6 is 0 Å². The van der Waals surface area contributed by atoms with E-state index in [1.165, 1.54) is 0 Å². The van der Waals surface area contributed by atoms with Crippen LogP contribution in [0.15, 0.2) is 53.2 Å². The summed E-state index contributed by atoms with van der Waals surface area (Å²) >= 11 is 0. The van der Waals surface area contributed by atoms with Crippen LogP contribution in [0.3, 0.4) is 0 Å². The fourth-order valence-electron chi connectivity index (χ4n) is 3.81. The molecule has 6 nitrogen and oxygen atoms in total. The van der Waals surface area contributed by atoms with Crippen molar-refractivity contribution in [1.82, 2.24) is 10.3 Å². The van der Waals surface area contributed by atoms with E-state index in [4.69, 9.17) is 4.42 Å². The standard InChI is InChI=1S/C22H23N3O3/c1-2-19-17(16-8-3-4-10-20(16)28-19)13-21(26)24-18-9-6-12-25(22(18)27)15-7-5-11-23-14-15/h3-5,7-8,10-11,14,18H,2,6,9,12-13H2,1H3,(H,24,26). The number of nitrogens with zero attached hydrogens (tertiary/aromatic N) is 2. The van der Waals surface area contributed by atoms with Crippen LogP contribution in [0, 0.1) is 0 Å². The number of carbonyl (C=O) groups excluding carboxylic acids is 2. The van der Waals surface area contributed by atoms with Crippen LogP contribution in [0.25, 0.3) is 11.0 Å². The summed E-state index contributed by atoms with van der Waals surface area (Å²) in [6, 6.07) is 10.9. The number of piperidine rings is 1. The van der Waals surface area contributed by atoms with Gasteiger partial charge in [-0.15, -0.1) is 0 Å². The van der Waals surface area contributed by atoms with E-state index in [1.54, 1.807) is 23.4 Å². The number of hydrogen-bond donors (Lipinski definition) is 1. The molecule has 0 aliphatic carbocycles. The van der Waals surface area contributed by atoms with Gasteiger partial charge in [0.15, 0.2) is 0 Å². The molecule has 2 aromatic heterocycles. The first-order valence-electron chi connectivity index (χ1n) is 9.67. The predicted molar refractivity (Wildman–Crippen MR) is 107 cm³/mol. The summed E-state index contributed by atoms with van der Waals surface area (Å²) in [5, 5.41) is 3.89. The number of furan rings is 1.